The van der Waals surface area contributed by atoms with Crippen LogP contribution in [-0.4, -0.2) is 30.6 Å². The Hall–Kier alpha value is -0.0800. The van der Waals surface area contributed by atoms with Crippen molar-refractivity contribution in [3.8, 4) is 0 Å². The molecule has 0 aliphatic heterocycles. The Labute approximate surface area is 89.9 Å². The van der Waals surface area contributed by atoms with Gasteiger partial charge in [0, 0.05) is 12.6 Å². The van der Waals surface area contributed by atoms with Crippen LogP contribution in [-0.2, 0) is 0 Å². The second-order valence-electron chi connectivity index (χ2n) is 5.10. The van der Waals surface area contributed by atoms with E-state index in [-0.39, 0.29) is 0 Å². The van der Waals surface area contributed by atoms with Crippen molar-refractivity contribution in [1.82, 2.24) is 4.90 Å². The van der Waals surface area contributed by atoms with Crippen LogP contribution in [0.25, 0.3) is 0 Å². The molecule has 1 atom stereocenters. The molecule has 14 heavy (non-hydrogen) atoms. The number of hydrogen-bond acceptors (Lipinski definition) is 2. The molecule has 1 unspecified atom stereocenters. The number of rotatable bonds is 6. The van der Waals surface area contributed by atoms with Crippen molar-refractivity contribution in [3.05, 3.63) is 0 Å². The predicted molar refractivity (Wildman–Crippen MR) is 64.5 cm³/mol. The second kappa shape index (κ2) is 6.41. The topological polar surface area (TPSA) is 29.3 Å². The van der Waals surface area contributed by atoms with Crippen LogP contribution in [0.5, 0.6) is 0 Å². The third-order valence-electron chi connectivity index (χ3n) is 2.87. The first-order valence-electron chi connectivity index (χ1n) is 5.91. The van der Waals surface area contributed by atoms with Gasteiger partial charge in [-0.2, -0.15) is 0 Å². The summed E-state index contributed by atoms with van der Waals surface area (Å²) in [4.78, 5) is 2.52. The van der Waals surface area contributed by atoms with Crippen LogP contribution < -0.4 is 5.73 Å². The van der Waals surface area contributed by atoms with E-state index >= 15 is 0 Å². The van der Waals surface area contributed by atoms with Crippen molar-refractivity contribution in [2.24, 2.45) is 11.1 Å². The van der Waals surface area contributed by atoms with E-state index in [0.29, 0.717) is 11.5 Å². The Morgan fingerprint density at radius 3 is 2.07 bits per heavy atom. The zero-order valence-electron chi connectivity index (χ0n) is 10.6. The maximum absolute atomic E-state index is 5.87. The lowest BCUT2D eigenvalue weighted by molar-refractivity contribution is 0.109. The first kappa shape index (κ1) is 13.9. The zero-order valence-corrected chi connectivity index (χ0v) is 10.6. The highest BCUT2D eigenvalue weighted by Crippen LogP contribution is 2.23. The van der Waals surface area contributed by atoms with Crippen LogP contribution in [0.1, 0.15) is 47.5 Å². The Balaban J connectivity index is 4.29. The summed E-state index contributed by atoms with van der Waals surface area (Å²) in [5.74, 6) is 0. The Morgan fingerprint density at radius 1 is 1.21 bits per heavy atom. The van der Waals surface area contributed by atoms with E-state index in [2.05, 4.69) is 39.5 Å². The van der Waals surface area contributed by atoms with Gasteiger partial charge in [-0.15, -0.1) is 0 Å². The molecule has 0 aliphatic rings. The molecule has 0 amide bonds. The van der Waals surface area contributed by atoms with Crippen molar-refractivity contribution in [2.75, 3.05) is 19.6 Å². The fraction of sp³-hybridized carbons (Fsp3) is 1.00. The molecule has 2 nitrogen and oxygen atoms in total. The summed E-state index contributed by atoms with van der Waals surface area (Å²) in [6.07, 6.45) is 2.54. The molecular weight excluding hydrogens is 172 g/mol. The Morgan fingerprint density at radius 2 is 1.79 bits per heavy atom. The van der Waals surface area contributed by atoms with Crippen molar-refractivity contribution >= 4 is 0 Å². The SMILES string of the molecule is CCCCN(CC)C(CN)C(C)(C)C. The molecule has 0 aliphatic carbocycles. The quantitative estimate of drug-likeness (QED) is 0.714. The van der Waals surface area contributed by atoms with Crippen molar-refractivity contribution in [1.29, 1.82) is 0 Å². The smallest absolute Gasteiger partial charge is 0.0266 e. The summed E-state index contributed by atoms with van der Waals surface area (Å²) in [5, 5.41) is 0. The monoisotopic (exact) mass is 200 g/mol. The van der Waals surface area contributed by atoms with Crippen molar-refractivity contribution in [2.45, 2.75) is 53.5 Å². The van der Waals surface area contributed by atoms with Gasteiger partial charge in [-0.3, -0.25) is 4.90 Å². The van der Waals surface area contributed by atoms with Gasteiger partial charge in [0.1, 0.15) is 0 Å². The molecule has 0 spiro atoms. The summed E-state index contributed by atoms with van der Waals surface area (Å²) >= 11 is 0. The second-order valence-corrected chi connectivity index (χ2v) is 5.10. The van der Waals surface area contributed by atoms with E-state index in [1.165, 1.54) is 19.4 Å². The lowest BCUT2D eigenvalue weighted by atomic mass is 9.85. The van der Waals surface area contributed by atoms with Crippen molar-refractivity contribution in [3.63, 3.8) is 0 Å². The van der Waals surface area contributed by atoms with Gasteiger partial charge in [0.2, 0.25) is 0 Å². The fourth-order valence-corrected chi connectivity index (χ4v) is 1.95. The summed E-state index contributed by atoms with van der Waals surface area (Å²) in [7, 11) is 0. The molecule has 0 heterocycles. The van der Waals surface area contributed by atoms with E-state index in [1.54, 1.807) is 0 Å². The average Bonchev–Trinajstić information content (AvgIpc) is 2.09. The van der Waals surface area contributed by atoms with Gasteiger partial charge in [0.15, 0.2) is 0 Å². The van der Waals surface area contributed by atoms with Gasteiger partial charge in [-0.05, 0) is 24.9 Å². The maximum atomic E-state index is 5.87. The highest BCUT2D eigenvalue weighted by molar-refractivity contribution is 4.83. The molecule has 0 radical (unpaired) electrons. The predicted octanol–water partition coefficient (Wildman–Crippen LogP) is 2.48. The van der Waals surface area contributed by atoms with E-state index in [1.807, 2.05) is 0 Å². The zero-order chi connectivity index (χ0) is 11.2. The highest BCUT2D eigenvalue weighted by atomic mass is 15.2. The average molecular weight is 200 g/mol. The van der Waals surface area contributed by atoms with Crippen LogP contribution in [0, 0.1) is 5.41 Å². The molecule has 0 bridgehead atoms. The molecule has 2 heteroatoms. The van der Waals surface area contributed by atoms with E-state index in [4.69, 9.17) is 5.73 Å². The molecule has 2 N–H and O–H groups in total. The van der Waals surface area contributed by atoms with Gasteiger partial charge in [0.25, 0.3) is 0 Å². The fourth-order valence-electron chi connectivity index (χ4n) is 1.95. The summed E-state index contributed by atoms with van der Waals surface area (Å²) in [6.45, 7) is 14.4. The largest absolute Gasteiger partial charge is 0.329 e. The number of unbranched alkanes of at least 4 members (excludes halogenated alkanes) is 1. The van der Waals surface area contributed by atoms with Crippen molar-refractivity contribution < 1.29 is 0 Å². The molecule has 0 saturated heterocycles. The lowest BCUT2D eigenvalue weighted by Gasteiger charge is -2.39. The summed E-state index contributed by atoms with van der Waals surface area (Å²) in [5.41, 5.74) is 6.16. The summed E-state index contributed by atoms with van der Waals surface area (Å²) in [6, 6.07) is 0.513. The minimum Gasteiger partial charge on any atom is -0.329 e. The number of likely N-dealkylation sites (N-methyl/N-ethyl adjacent to an activating group) is 1. The van der Waals surface area contributed by atoms with Gasteiger partial charge in [0.05, 0.1) is 0 Å². The number of nitrogens with zero attached hydrogens (tertiary/aromatic N) is 1. The Bertz CT molecular complexity index is 138. The molecule has 86 valence electrons. The van der Waals surface area contributed by atoms with Crippen LogP contribution >= 0.6 is 0 Å². The third-order valence-corrected chi connectivity index (χ3v) is 2.87. The molecule has 0 saturated carbocycles. The molecule has 0 rings (SSSR count). The molecule has 0 aromatic heterocycles. The van der Waals surface area contributed by atoms with E-state index in [9.17, 15) is 0 Å². The van der Waals surface area contributed by atoms with Gasteiger partial charge < -0.3 is 5.73 Å². The molecule has 0 fully saturated rings. The standard InChI is InChI=1S/C12H28N2/c1-6-8-9-14(7-2)11(10-13)12(3,4)5/h11H,6-10,13H2,1-5H3. The minimum atomic E-state index is 0.290. The van der Waals surface area contributed by atoms with Gasteiger partial charge in [-0.25, -0.2) is 0 Å². The maximum Gasteiger partial charge on any atom is 0.0266 e. The third kappa shape index (κ3) is 4.43. The highest BCUT2D eigenvalue weighted by Gasteiger charge is 2.27. The normalized spacial score (nSPS) is 14.8. The van der Waals surface area contributed by atoms with E-state index in [0.717, 1.165) is 13.1 Å². The first-order valence-corrected chi connectivity index (χ1v) is 5.91. The number of hydrogen-bond donors (Lipinski definition) is 1. The van der Waals surface area contributed by atoms with Crippen LogP contribution in [0.4, 0.5) is 0 Å². The Kier molecular flexibility index (Phi) is 6.38. The van der Waals surface area contributed by atoms with Gasteiger partial charge >= 0.3 is 0 Å². The van der Waals surface area contributed by atoms with E-state index < -0.39 is 0 Å². The lowest BCUT2D eigenvalue weighted by Crippen LogP contribution is -2.48. The van der Waals surface area contributed by atoms with Gasteiger partial charge in [-0.1, -0.05) is 41.0 Å². The molecule has 0 aromatic rings. The number of nitrogens with two attached hydrogens (primary N) is 1. The minimum absolute atomic E-state index is 0.290. The van der Waals surface area contributed by atoms with Crippen LogP contribution in [0.3, 0.4) is 0 Å². The first-order chi connectivity index (χ1) is 6.47. The van der Waals surface area contributed by atoms with Crippen LogP contribution in [0.15, 0.2) is 0 Å². The molecule has 0 aromatic carbocycles. The van der Waals surface area contributed by atoms with Crippen LogP contribution in [0.2, 0.25) is 0 Å². The summed E-state index contributed by atoms with van der Waals surface area (Å²) < 4.78 is 0. The molecular formula is C12H28N2.